The van der Waals surface area contributed by atoms with Crippen LogP contribution in [0.25, 0.3) is 0 Å². The molecule has 3 aromatic carbocycles. The highest BCUT2D eigenvalue weighted by atomic mass is 32.2. The average Bonchev–Trinajstić information content (AvgIpc) is 2.70. The van der Waals surface area contributed by atoms with E-state index in [4.69, 9.17) is 0 Å². The van der Waals surface area contributed by atoms with Gasteiger partial charge in [-0.1, -0.05) is 35.9 Å². The van der Waals surface area contributed by atoms with Gasteiger partial charge in [-0.3, -0.25) is 14.3 Å². The molecule has 0 fully saturated rings. The van der Waals surface area contributed by atoms with Crippen LogP contribution in [0, 0.1) is 6.92 Å². The first-order chi connectivity index (χ1) is 13.7. The fraction of sp³-hybridized carbons (Fsp3) is 0.0909. The summed E-state index contributed by atoms with van der Waals surface area (Å²) in [4.78, 5) is 24.0. The van der Waals surface area contributed by atoms with E-state index in [0.29, 0.717) is 16.9 Å². The first kappa shape index (κ1) is 20.3. The number of carbonyl (C=O) groups is 2. The van der Waals surface area contributed by atoms with E-state index < -0.39 is 15.9 Å². The number of hydrogen-bond acceptors (Lipinski definition) is 4. The van der Waals surface area contributed by atoms with Gasteiger partial charge in [-0.2, -0.15) is 0 Å². The highest BCUT2D eigenvalue weighted by Gasteiger charge is 2.17. The second-order valence-electron chi connectivity index (χ2n) is 6.59. The minimum Gasteiger partial charge on any atom is -0.322 e. The molecule has 0 bridgehead atoms. The lowest BCUT2D eigenvalue weighted by Crippen LogP contribution is -2.16. The number of benzene rings is 3. The summed E-state index contributed by atoms with van der Waals surface area (Å²) in [6.45, 7) is 3.35. The number of amides is 1. The van der Waals surface area contributed by atoms with Crippen LogP contribution in [0.3, 0.4) is 0 Å². The number of nitrogens with one attached hydrogen (secondary N) is 2. The molecule has 0 atom stereocenters. The summed E-state index contributed by atoms with van der Waals surface area (Å²) in [7, 11) is -3.85. The zero-order valence-electron chi connectivity index (χ0n) is 16.0. The zero-order chi connectivity index (χ0) is 21.0. The number of ketones is 1. The maximum atomic E-state index is 12.7. The molecule has 0 heterocycles. The van der Waals surface area contributed by atoms with Crippen molar-refractivity contribution in [2.24, 2.45) is 0 Å². The highest BCUT2D eigenvalue weighted by molar-refractivity contribution is 7.92. The Labute approximate surface area is 169 Å². The van der Waals surface area contributed by atoms with Crippen LogP contribution in [-0.2, 0) is 10.0 Å². The van der Waals surface area contributed by atoms with Gasteiger partial charge in [0.2, 0.25) is 0 Å². The number of hydrogen-bond donors (Lipinski definition) is 2. The van der Waals surface area contributed by atoms with E-state index in [9.17, 15) is 18.0 Å². The molecule has 3 aromatic rings. The van der Waals surface area contributed by atoms with Gasteiger partial charge in [0.05, 0.1) is 4.90 Å². The molecule has 29 heavy (non-hydrogen) atoms. The topological polar surface area (TPSA) is 92.3 Å². The second-order valence-corrected chi connectivity index (χ2v) is 8.27. The number of carbonyl (C=O) groups excluding carboxylic acids is 2. The Balaban J connectivity index is 1.81. The molecule has 0 saturated heterocycles. The van der Waals surface area contributed by atoms with E-state index in [1.54, 1.807) is 48.5 Å². The monoisotopic (exact) mass is 408 g/mol. The quantitative estimate of drug-likeness (QED) is 0.597. The lowest BCUT2D eigenvalue weighted by molar-refractivity contribution is 0.101. The maximum absolute atomic E-state index is 12.7. The smallest absolute Gasteiger partial charge is 0.261 e. The molecule has 0 aromatic heterocycles. The fourth-order valence-electron chi connectivity index (χ4n) is 2.66. The van der Waals surface area contributed by atoms with Crippen molar-refractivity contribution < 1.29 is 18.0 Å². The van der Waals surface area contributed by atoms with E-state index in [-0.39, 0.29) is 16.2 Å². The summed E-state index contributed by atoms with van der Waals surface area (Å²) in [5, 5.41) is 2.68. The SMILES string of the molecule is CC(=O)c1cccc(NC(=O)c2cccc(S(=O)(=O)Nc3ccc(C)cc3)c2)c1. The van der Waals surface area contributed by atoms with Crippen LogP contribution < -0.4 is 10.0 Å². The van der Waals surface area contributed by atoms with Crippen LogP contribution in [-0.4, -0.2) is 20.1 Å². The van der Waals surface area contributed by atoms with Gasteiger partial charge in [0.25, 0.3) is 15.9 Å². The van der Waals surface area contributed by atoms with Gasteiger partial charge in [0.1, 0.15) is 0 Å². The van der Waals surface area contributed by atoms with Crippen LogP contribution in [0.15, 0.2) is 77.7 Å². The standard InChI is InChI=1S/C22H20N2O4S/c1-15-9-11-19(12-10-15)24-29(27,28)21-8-4-6-18(14-21)22(26)23-20-7-3-5-17(13-20)16(2)25/h3-14,24H,1-2H3,(H,23,26). The van der Waals surface area contributed by atoms with Crippen molar-refractivity contribution in [1.82, 2.24) is 0 Å². The maximum Gasteiger partial charge on any atom is 0.261 e. The lowest BCUT2D eigenvalue weighted by atomic mass is 10.1. The third kappa shape index (κ3) is 5.08. The molecule has 0 aliphatic rings. The van der Waals surface area contributed by atoms with E-state index in [2.05, 4.69) is 10.0 Å². The minimum atomic E-state index is -3.85. The van der Waals surface area contributed by atoms with Gasteiger partial charge in [-0.15, -0.1) is 0 Å². The molecule has 1 amide bonds. The average molecular weight is 408 g/mol. The molecule has 0 radical (unpaired) electrons. The van der Waals surface area contributed by atoms with Crippen LogP contribution in [0.4, 0.5) is 11.4 Å². The predicted molar refractivity (Wildman–Crippen MR) is 113 cm³/mol. The highest BCUT2D eigenvalue weighted by Crippen LogP contribution is 2.19. The Kier molecular flexibility index (Phi) is 5.79. The zero-order valence-corrected chi connectivity index (χ0v) is 16.8. The Morgan fingerprint density at radius 1 is 0.793 bits per heavy atom. The summed E-state index contributed by atoms with van der Waals surface area (Å²) < 4.78 is 27.8. The van der Waals surface area contributed by atoms with Crippen molar-refractivity contribution in [3.8, 4) is 0 Å². The molecule has 0 unspecified atom stereocenters. The normalized spacial score (nSPS) is 11.0. The van der Waals surface area contributed by atoms with E-state index in [1.807, 2.05) is 6.92 Å². The number of sulfonamides is 1. The Morgan fingerprint density at radius 2 is 1.45 bits per heavy atom. The molecule has 0 saturated carbocycles. The van der Waals surface area contributed by atoms with Crippen LogP contribution in [0.5, 0.6) is 0 Å². The van der Waals surface area contributed by atoms with Gasteiger partial charge in [-0.25, -0.2) is 8.42 Å². The molecule has 3 rings (SSSR count). The summed E-state index contributed by atoms with van der Waals surface area (Å²) in [5.41, 5.74) is 2.56. The Bertz CT molecular complexity index is 1170. The van der Waals surface area contributed by atoms with E-state index >= 15 is 0 Å². The molecule has 148 valence electrons. The van der Waals surface area contributed by atoms with Gasteiger partial charge in [0.15, 0.2) is 5.78 Å². The predicted octanol–water partition coefficient (Wildman–Crippen LogP) is 4.25. The molecule has 6 nitrogen and oxygen atoms in total. The number of rotatable bonds is 6. The molecular weight excluding hydrogens is 388 g/mol. The summed E-state index contributed by atoms with van der Waals surface area (Å²) >= 11 is 0. The molecule has 7 heteroatoms. The fourth-order valence-corrected chi connectivity index (χ4v) is 3.76. The van der Waals surface area contributed by atoms with Crippen molar-refractivity contribution in [3.05, 3.63) is 89.5 Å². The first-order valence-corrected chi connectivity index (χ1v) is 10.3. The molecular formula is C22H20N2O4S. The van der Waals surface area contributed by atoms with Crippen molar-refractivity contribution in [1.29, 1.82) is 0 Å². The molecule has 0 spiro atoms. The van der Waals surface area contributed by atoms with Crippen LogP contribution in [0.2, 0.25) is 0 Å². The minimum absolute atomic E-state index is 0.0248. The van der Waals surface area contributed by atoms with E-state index in [0.717, 1.165) is 5.56 Å². The largest absolute Gasteiger partial charge is 0.322 e. The van der Waals surface area contributed by atoms with Crippen molar-refractivity contribution in [2.75, 3.05) is 10.0 Å². The number of Topliss-reactive ketones (excluding diaryl/α,β-unsaturated/α-hetero) is 1. The summed E-state index contributed by atoms with van der Waals surface area (Å²) in [5.74, 6) is -0.588. The van der Waals surface area contributed by atoms with Gasteiger partial charge in [-0.05, 0) is 56.3 Å². The third-order valence-electron chi connectivity index (χ3n) is 4.24. The second kappa shape index (κ2) is 8.28. The molecule has 0 aliphatic heterocycles. The summed E-state index contributed by atoms with van der Waals surface area (Å²) in [6.07, 6.45) is 0. The van der Waals surface area contributed by atoms with Crippen molar-refractivity contribution in [2.45, 2.75) is 18.7 Å². The molecule has 0 aliphatic carbocycles. The van der Waals surface area contributed by atoms with Crippen molar-refractivity contribution in [3.63, 3.8) is 0 Å². The van der Waals surface area contributed by atoms with Gasteiger partial charge < -0.3 is 5.32 Å². The number of aryl methyl sites for hydroxylation is 1. The van der Waals surface area contributed by atoms with Gasteiger partial charge in [0, 0.05) is 22.5 Å². The van der Waals surface area contributed by atoms with Crippen LogP contribution >= 0.6 is 0 Å². The summed E-state index contributed by atoms with van der Waals surface area (Å²) in [6, 6.07) is 19.2. The van der Waals surface area contributed by atoms with E-state index in [1.165, 1.54) is 31.2 Å². The van der Waals surface area contributed by atoms with Crippen LogP contribution in [0.1, 0.15) is 33.2 Å². The number of anilines is 2. The Hall–Kier alpha value is -3.45. The van der Waals surface area contributed by atoms with Gasteiger partial charge >= 0.3 is 0 Å². The first-order valence-electron chi connectivity index (χ1n) is 8.86. The Morgan fingerprint density at radius 3 is 2.14 bits per heavy atom. The van der Waals surface area contributed by atoms with Crippen molar-refractivity contribution >= 4 is 33.1 Å². The molecule has 2 N–H and O–H groups in total. The lowest BCUT2D eigenvalue weighted by Gasteiger charge is -2.10. The third-order valence-corrected chi connectivity index (χ3v) is 5.62.